The number of nitrogen functional groups attached to an aromatic ring is 1. The number of hydrogen-bond acceptors (Lipinski definition) is 3. The molecule has 0 spiro atoms. The van der Waals surface area contributed by atoms with E-state index >= 15 is 0 Å². The molecule has 112 valence electrons. The van der Waals surface area contributed by atoms with Crippen molar-refractivity contribution < 1.29 is 26.7 Å². The summed E-state index contributed by atoms with van der Waals surface area (Å²) in [5.74, 6) is -4.25. The molecule has 0 bridgehead atoms. The predicted molar refractivity (Wildman–Crippen MR) is 67.8 cm³/mol. The summed E-state index contributed by atoms with van der Waals surface area (Å²) in [5, 5.41) is 0. The summed E-state index contributed by atoms with van der Waals surface area (Å²) in [7, 11) is 0. The molecular weight excluding hydrogens is 363 g/mol. The Labute approximate surface area is 123 Å². The van der Waals surface area contributed by atoms with Crippen molar-refractivity contribution in [1.29, 1.82) is 0 Å². The number of aromatic nitrogens is 1. The number of anilines is 1. The van der Waals surface area contributed by atoms with Crippen molar-refractivity contribution in [2.24, 2.45) is 0 Å². The van der Waals surface area contributed by atoms with E-state index in [1.807, 2.05) is 0 Å². The second kappa shape index (κ2) is 5.47. The van der Waals surface area contributed by atoms with Crippen LogP contribution < -0.4 is 10.5 Å². The van der Waals surface area contributed by atoms with Gasteiger partial charge in [-0.15, -0.1) is 0 Å². The zero-order valence-electron chi connectivity index (χ0n) is 10.0. The smallest absolute Gasteiger partial charge is 0.416 e. The van der Waals surface area contributed by atoms with Crippen LogP contribution >= 0.6 is 15.9 Å². The number of halogens is 6. The molecule has 21 heavy (non-hydrogen) atoms. The van der Waals surface area contributed by atoms with Crippen LogP contribution in [0.2, 0.25) is 0 Å². The number of nitrogens with zero attached hydrogens (tertiary/aromatic N) is 1. The molecule has 0 aliphatic carbocycles. The van der Waals surface area contributed by atoms with Crippen LogP contribution in [0.25, 0.3) is 0 Å². The molecule has 2 rings (SSSR count). The Morgan fingerprint density at radius 3 is 2.38 bits per heavy atom. The summed E-state index contributed by atoms with van der Waals surface area (Å²) in [6.45, 7) is 0. The van der Waals surface area contributed by atoms with Gasteiger partial charge in [0.05, 0.1) is 5.56 Å². The highest BCUT2D eigenvalue weighted by Crippen LogP contribution is 2.34. The van der Waals surface area contributed by atoms with Gasteiger partial charge in [-0.3, -0.25) is 0 Å². The molecule has 3 nitrogen and oxygen atoms in total. The molecule has 0 amide bonds. The van der Waals surface area contributed by atoms with Gasteiger partial charge in [0, 0.05) is 10.5 Å². The highest BCUT2D eigenvalue weighted by Gasteiger charge is 2.32. The minimum atomic E-state index is -4.67. The van der Waals surface area contributed by atoms with Crippen LogP contribution in [0.3, 0.4) is 0 Å². The lowest BCUT2D eigenvalue weighted by Gasteiger charge is -2.11. The summed E-state index contributed by atoms with van der Waals surface area (Å²) >= 11 is 2.91. The second-order valence-corrected chi connectivity index (χ2v) is 4.83. The minimum Gasteiger partial charge on any atom is -0.436 e. The maximum atomic E-state index is 13.5. The Balaban J connectivity index is 2.43. The Morgan fingerprint density at radius 1 is 1.10 bits per heavy atom. The van der Waals surface area contributed by atoms with Gasteiger partial charge in [0.25, 0.3) is 0 Å². The summed E-state index contributed by atoms with van der Waals surface area (Å²) in [4.78, 5) is 3.49. The average molecular weight is 369 g/mol. The van der Waals surface area contributed by atoms with Gasteiger partial charge in [-0.05, 0) is 18.2 Å². The Morgan fingerprint density at radius 2 is 1.76 bits per heavy atom. The number of benzene rings is 1. The molecule has 1 heterocycles. The maximum Gasteiger partial charge on any atom is 0.416 e. The Hall–Kier alpha value is -1.90. The first-order valence-electron chi connectivity index (χ1n) is 5.34. The zero-order chi connectivity index (χ0) is 15.8. The lowest BCUT2D eigenvalue weighted by Crippen LogP contribution is -2.07. The molecule has 2 N–H and O–H groups in total. The van der Waals surface area contributed by atoms with Crippen LogP contribution in [0.4, 0.5) is 27.8 Å². The zero-order valence-corrected chi connectivity index (χ0v) is 11.6. The molecule has 9 heteroatoms. The van der Waals surface area contributed by atoms with Crippen molar-refractivity contribution in [3.05, 3.63) is 45.9 Å². The van der Waals surface area contributed by atoms with Gasteiger partial charge < -0.3 is 10.5 Å². The molecule has 0 unspecified atom stereocenters. The van der Waals surface area contributed by atoms with Crippen LogP contribution in [-0.2, 0) is 6.18 Å². The molecular formula is C12H6BrF5N2O. The number of alkyl halides is 3. The van der Waals surface area contributed by atoms with Crippen LogP contribution in [0.15, 0.2) is 28.7 Å². The fourth-order valence-corrected chi connectivity index (χ4v) is 1.87. The third-order valence-electron chi connectivity index (χ3n) is 2.32. The van der Waals surface area contributed by atoms with E-state index in [1.54, 1.807) is 0 Å². The molecule has 0 aliphatic heterocycles. The third-order valence-corrected chi connectivity index (χ3v) is 2.78. The van der Waals surface area contributed by atoms with Crippen molar-refractivity contribution in [2.45, 2.75) is 6.18 Å². The molecule has 0 saturated carbocycles. The van der Waals surface area contributed by atoms with Gasteiger partial charge in [-0.2, -0.15) is 22.5 Å². The molecule has 0 aliphatic rings. The number of nitrogens with two attached hydrogens (primary N) is 1. The summed E-state index contributed by atoms with van der Waals surface area (Å²) in [6, 6.07) is 3.03. The van der Waals surface area contributed by atoms with Crippen LogP contribution in [0.1, 0.15) is 5.56 Å². The monoisotopic (exact) mass is 368 g/mol. The van der Waals surface area contributed by atoms with E-state index in [1.165, 1.54) is 0 Å². The summed E-state index contributed by atoms with van der Waals surface area (Å²) in [5.41, 5.74) is 4.13. The highest BCUT2D eigenvalue weighted by atomic mass is 79.9. The van der Waals surface area contributed by atoms with Crippen LogP contribution in [0.5, 0.6) is 11.6 Å². The van der Waals surface area contributed by atoms with E-state index in [-0.39, 0.29) is 4.47 Å². The van der Waals surface area contributed by atoms with E-state index in [2.05, 4.69) is 20.9 Å². The van der Waals surface area contributed by atoms with E-state index in [4.69, 9.17) is 10.5 Å². The minimum absolute atomic E-state index is 0.149. The fourth-order valence-electron chi connectivity index (χ4n) is 1.46. The quantitative estimate of drug-likeness (QED) is 0.626. The molecule has 0 saturated heterocycles. The number of rotatable bonds is 2. The predicted octanol–water partition coefficient (Wildman–Crippen LogP) is 4.52. The highest BCUT2D eigenvalue weighted by molar-refractivity contribution is 9.10. The maximum absolute atomic E-state index is 13.5. The normalized spacial score (nSPS) is 11.5. The number of hydrogen-bond donors (Lipinski definition) is 1. The Kier molecular flexibility index (Phi) is 4.04. The van der Waals surface area contributed by atoms with Crippen LogP contribution in [0, 0.1) is 11.6 Å². The summed E-state index contributed by atoms with van der Waals surface area (Å²) in [6.07, 6.45) is -4.67. The van der Waals surface area contributed by atoms with Gasteiger partial charge in [0.2, 0.25) is 11.7 Å². The van der Waals surface area contributed by atoms with Crippen molar-refractivity contribution in [3.8, 4) is 11.6 Å². The first kappa shape index (κ1) is 15.5. The van der Waals surface area contributed by atoms with Gasteiger partial charge in [0.15, 0.2) is 11.6 Å². The molecule has 2 aromatic rings. The molecule has 1 aromatic carbocycles. The first-order valence-corrected chi connectivity index (χ1v) is 6.13. The SMILES string of the molecule is Nc1cc(C(F)(F)F)cc(Oc2cc(Br)cc(F)c2F)n1. The molecule has 0 fully saturated rings. The van der Waals surface area contributed by atoms with E-state index < -0.39 is 40.8 Å². The lowest BCUT2D eigenvalue weighted by atomic mass is 10.2. The lowest BCUT2D eigenvalue weighted by molar-refractivity contribution is -0.137. The van der Waals surface area contributed by atoms with E-state index in [9.17, 15) is 22.0 Å². The Bertz CT molecular complexity index is 690. The first-order chi connectivity index (χ1) is 9.66. The van der Waals surface area contributed by atoms with Crippen molar-refractivity contribution in [3.63, 3.8) is 0 Å². The van der Waals surface area contributed by atoms with Crippen molar-refractivity contribution in [2.75, 3.05) is 5.73 Å². The van der Waals surface area contributed by atoms with Gasteiger partial charge in [-0.25, -0.2) is 4.39 Å². The van der Waals surface area contributed by atoms with Gasteiger partial charge >= 0.3 is 6.18 Å². The standard InChI is InChI=1S/C12H6BrF5N2O/c13-6-3-7(14)11(15)8(4-6)21-10-2-5(12(16,17)18)1-9(19)20-10/h1-4H,(H2,19,20). The van der Waals surface area contributed by atoms with Crippen molar-refractivity contribution in [1.82, 2.24) is 4.98 Å². The van der Waals surface area contributed by atoms with Crippen LogP contribution in [-0.4, -0.2) is 4.98 Å². The third kappa shape index (κ3) is 3.60. The van der Waals surface area contributed by atoms with Gasteiger partial charge in [0.1, 0.15) is 5.82 Å². The topological polar surface area (TPSA) is 48.1 Å². The second-order valence-electron chi connectivity index (χ2n) is 3.92. The van der Waals surface area contributed by atoms with Gasteiger partial charge in [-0.1, -0.05) is 15.9 Å². The van der Waals surface area contributed by atoms with E-state index in [0.29, 0.717) is 12.1 Å². The van der Waals surface area contributed by atoms with E-state index in [0.717, 1.165) is 12.1 Å². The summed E-state index contributed by atoms with van der Waals surface area (Å²) < 4.78 is 69.5. The van der Waals surface area contributed by atoms with Crippen molar-refractivity contribution >= 4 is 21.7 Å². The number of ether oxygens (including phenoxy) is 1. The number of pyridine rings is 1. The molecule has 0 radical (unpaired) electrons. The largest absolute Gasteiger partial charge is 0.436 e. The average Bonchev–Trinajstić information content (AvgIpc) is 2.33. The molecule has 1 aromatic heterocycles. The fraction of sp³-hybridized carbons (Fsp3) is 0.0833. The molecule has 0 atom stereocenters.